The molecule has 6 fully saturated rings. The lowest BCUT2D eigenvalue weighted by atomic mass is 10.1. The minimum absolute atomic E-state index is 0.0352. The number of carbonyl (C=O) groups excluding carboxylic acids is 3. The minimum atomic E-state index is -2.39. The molecular weight excluding hydrogens is 875 g/mol. The highest BCUT2D eigenvalue weighted by molar-refractivity contribution is 6.62. The Balaban J connectivity index is 0.000000298. The molecule has 6 aliphatic heterocycles. The Morgan fingerprint density at radius 3 is 1.19 bits per heavy atom. The first-order valence-corrected chi connectivity index (χ1v) is 28.2. The molecular formula is C39H81N7O14Si3. The van der Waals surface area contributed by atoms with Crippen molar-refractivity contribution in [3.8, 4) is 0 Å². The number of carbonyl (C=O) groups is 3. The summed E-state index contributed by atoms with van der Waals surface area (Å²) >= 11 is 0. The van der Waals surface area contributed by atoms with E-state index >= 15 is 0 Å². The third-order valence-corrected chi connectivity index (χ3v) is 19.7. The molecule has 6 saturated heterocycles. The standard InChI is InChI=1S/C13H27N3O4Si.C12H23NO5Si.C8H17NO3Si.C4H6O2.C2H8N2/c1-10-13-11(2)19-21(18-10,20-13)9-3-6-15-7-4-12(17)16-8-5-14;1-9-12-10(2)17-19(16-9,18-12)8-4-6-13-7-5-11(14)15-3;1-6-8-7(2)11-13(10-6,12-8)5-3-4-9;1-3-4(5)6-2;3-1-2-4/h10-11,13,15H,3-9,14H2,1-2H3,(H,16,17);9-10,12-13H,4-8H2,1-3H3;6-8H,3-5,9H2,1-2H3;3H,1H2,2H3;1-4H2. The molecule has 0 aromatic heterocycles. The van der Waals surface area contributed by atoms with Crippen LogP contribution < -0.4 is 38.9 Å². The molecule has 0 aromatic rings. The number of rotatable bonds is 21. The largest absolute Gasteiger partial charge is 0.502 e. The molecule has 0 aliphatic carbocycles. The second kappa shape index (κ2) is 29.8. The first-order chi connectivity index (χ1) is 30.0. The summed E-state index contributed by atoms with van der Waals surface area (Å²) < 4.78 is 61.5. The topological polar surface area (TPSA) is 293 Å². The Bertz CT molecular complexity index is 1320. The maximum Gasteiger partial charge on any atom is 0.502 e. The fraction of sp³-hybridized carbons (Fsp3) is 0.872. The fourth-order valence-electron chi connectivity index (χ4n) is 7.53. The van der Waals surface area contributed by atoms with Gasteiger partial charge in [-0.15, -0.1) is 0 Å². The first kappa shape index (κ1) is 57.3. The van der Waals surface area contributed by atoms with E-state index in [1.165, 1.54) is 14.2 Å². The number of esters is 2. The Hall–Kier alpha value is -1.80. The molecule has 24 heteroatoms. The van der Waals surface area contributed by atoms with E-state index in [0.717, 1.165) is 56.6 Å². The molecule has 21 nitrogen and oxygen atoms in total. The van der Waals surface area contributed by atoms with E-state index in [9.17, 15) is 14.4 Å². The van der Waals surface area contributed by atoms with Gasteiger partial charge in [0.2, 0.25) is 5.91 Å². The third kappa shape index (κ3) is 19.1. The van der Waals surface area contributed by atoms with Gasteiger partial charge in [0.05, 0.1) is 75.6 Å². The Labute approximate surface area is 378 Å². The van der Waals surface area contributed by atoms with Gasteiger partial charge in [-0.1, -0.05) is 6.58 Å². The molecule has 0 radical (unpaired) electrons. The van der Waals surface area contributed by atoms with Gasteiger partial charge in [0.25, 0.3) is 0 Å². The quantitative estimate of drug-likeness (QED) is 0.0346. The highest BCUT2D eigenvalue weighted by Crippen LogP contribution is 2.42. The number of nitrogens with two attached hydrogens (primary N) is 4. The minimum Gasteiger partial charge on any atom is -0.469 e. The van der Waals surface area contributed by atoms with Crippen molar-refractivity contribution in [3.05, 3.63) is 12.7 Å². The summed E-state index contributed by atoms with van der Waals surface area (Å²) in [6.07, 6.45) is 6.17. The van der Waals surface area contributed by atoms with Crippen molar-refractivity contribution >= 4 is 44.3 Å². The molecule has 0 saturated carbocycles. The van der Waals surface area contributed by atoms with E-state index in [0.29, 0.717) is 58.7 Å². The summed E-state index contributed by atoms with van der Waals surface area (Å²) in [5.74, 6) is -0.546. The van der Waals surface area contributed by atoms with Crippen molar-refractivity contribution in [3.63, 3.8) is 0 Å². The summed E-state index contributed by atoms with van der Waals surface area (Å²) in [5.41, 5.74) is 20.6. The molecule has 1 amide bonds. The van der Waals surface area contributed by atoms with Crippen LogP contribution in [0.15, 0.2) is 12.7 Å². The number of fused-ring (bicyclic) bond motifs is 6. The summed E-state index contributed by atoms with van der Waals surface area (Å²) in [4.78, 5) is 32.1. The third-order valence-electron chi connectivity index (χ3n) is 10.5. The summed E-state index contributed by atoms with van der Waals surface area (Å²) in [7, 11) is -4.32. The number of hydrogen-bond donors (Lipinski definition) is 7. The van der Waals surface area contributed by atoms with Gasteiger partial charge in [-0.05, 0) is 80.4 Å². The van der Waals surface area contributed by atoms with E-state index < -0.39 is 32.4 Å². The highest BCUT2D eigenvalue weighted by atomic mass is 28.4. The van der Waals surface area contributed by atoms with Gasteiger partial charge < -0.3 is 88.2 Å². The van der Waals surface area contributed by atoms with Crippen molar-refractivity contribution in [1.29, 1.82) is 0 Å². The second-order valence-electron chi connectivity index (χ2n) is 15.9. The van der Waals surface area contributed by atoms with Crippen LogP contribution in [0.25, 0.3) is 0 Å². The van der Waals surface area contributed by atoms with Crippen LogP contribution in [0, 0.1) is 0 Å². The van der Waals surface area contributed by atoms with Crippen molar-refractivity contribution in [2.75, 3.05) is 73.1 Å². The zero-order valence-electron chi connectivity index (χ0n) is 39.0. The first-order valence-electron chi connectivity index (χ1n) is 22.4. The van der Waals surface area contributed by atoms with Crippen LogP contribution in [0.5, 0.6) is 0 Å². The smallest absolute Gasteiger partial charge is 0.469 e. The van der Waals surface area contributed by atoms with Gasteiger partial charge in [0.1, 0.15) is 0 Å². The lowest BCUT2D eigenvalue weighted by Gasteiger charge is -2.26. The molecule has 6 atom stereocenters. The number of amides is 1. The van der Waals surface area contributed by atoms with Crippen LogP contribution in [0.2, 0.25) is 18.1 Å². The van der Waals surface area contributed by atoms with E-state index in [-0.39, 0.29) is 66.8 Å². The van der Waals surface area contributed by atoms with Crippen LogP contribution >= 0.6 is 0 Å². The van der Waals surface area contributed by atoms with Crippen molar-refractivity contribution in [1.82, 2.24) is 16.0 Å². The van der Waals surface area contributed by atoms with Gasteiger partial charge in [0, 0.05) is 69.9 Å². The molecule has 6 aliphatic rings. The van der Waals surface area contributed by atoms with E-state index in [4.69, 9.17) is 62.8 Å². The number of nitrogens with one attached hydrogen (secondary N) is 3. The molecule has 63 heavy (non-hydrogen) atoms. The lowest BCUT2D eigenvalue weighted by Crippen LogP contribution is -2.44. The van der Waals surface area contributed by atoms with Crippen molar-refractivity contribution in [2.45, 2.75) is 147 Å². The maximum absolute atomic E-state index is 11.4. The summed E-state index contributed by atoms with van der Waals surface area (Å²) in [5, 5.41) is 9.21. The number of methoxy groups -OCH3 is 2. The van der Waals surface area contributed by atoms with E-state index in [1.807, 2.05) is 13.8 Å². The van der Waals surface area contributed by atoms with Crippen molar-refractivity contribution < 1.29 is 63.7 Å². The molecule has 6 heterocycles. The Morgan fingerprint density at radius 2 is 0.905 bits per heavy atom. The Kier molecular flexibility index (Phi) is 27.1. The van der Waals surface area contributed by atoms with Gasteiger partial charge in [-0.2, -0.15) is 0 Å². The number of hydrogen-bond acceptors (Lipinski definition) is 20. The average Bonchev–Trinajstić information content (AvgIpc) is 4.10. The average molecular weight is 956 g/mol. The second-order valence-corrected chi connectivity index (χ2v) is 23.6. The molecule has 6 bridgehead atoms. The predicted molar refractivity (Wildman–Crippen MR) is 242 cm³/mol. The van der Waals surface area contributed by atoms with Crippen LogP contribution in [0.1, 0.15) is 73.6 Å². The van der Waals surface area contributed by atoms with Crippen molar-refractivity contribution in [2.24, 2.45) is 22.9 Å². The zero-order chi connectivity index (χ0) is 47.1. The van der Waals surface area contributed by atoms with Gasteiger partial charge >= 0.3 is 38.4 Å². The highest BCUT2D eigenvalue weighted by Gasteiger charge is 2.62. The SMILES string of the molecule is C=CC(=O)OC.CC1O[Si]2(CCCN)OC(C)C1O2.CC1O[Si]2(CCCNCCC(=O)NCCN)OC(C)C1O2.COC(=O)CCNCCC[Si]12OC(C)C(O1)C(C)O2.NCCN. The summed E-state index contributed by atoms with van der Waals surface area (Å²) in [6, 6.07) is 2.54. The van der Waals surface area contributed by atoms with Crippen LogP contribution in [0.4, 0.5) is 0 Å². The maximum atomic E-state index is 11.4. The monoisotopic (exact) mass is 956 g/mol. The molecule has 0 spiro atoms. The lowest BCUT2D eigenvalue weighted by molar-refractivity contribution is -0.140. The van der Waals surface area contributed by atoms with E-state index in [2.05, 4.69) is 59.7 Å². The summed E-state index contributed by atoms with van der Waals surface area (Å²) in [6.45, 7) is 21.3. The van der Waals surface area contributed by atoms with Gasteiger partial charge in [-0.25, -0.2) is 4.79 Å². The Morgan fingerprint density at radius 1 is 0.524 bits per heavy atom. The number of ether oxygens (including phenoxy) is 2. The van der Waals surface area contributed by atoms with Gasteiger partial charge in [0.15, 0.2) is 0 Å². The van der Waals surface area contributed by atoms with Crippen LogP contribution in [-0.4, -0.2) is 172 Å². The predicted octanol–water partition coefficient (Wildman–Crippen LogP) is 0.0292. The van der Waals surface area contributed by atoms with Crippen LogP contribution in [0.3, 0.4) is 0 Å². The molecule has 368 valence electrons. The molecule has 11 N–H and O–H groups in total. The fourth-order valence-corrected chi connectivity index (χ4v) is 17.5. The van der Waals surface area contributed by atoms with E-state index in [1.54, 1.807) is 0 Å². The molecule has 0 aromatic carbocycles. The molecule has 6 unspecified atom stereocenters. The van der Waals surface area contributed by atoms with Crippen LogP contribution in [-0.2, 0) is 63.7 Å². The molecule has 6 rings (SSSR count). The zero-order valence-corrected chi connectivity index (χ0v) is 42.0. The normalized spacial score (nSPS) is 33.7. The van der Waals surface area contributed by atoms with Gasteiger partial charge in [-0.3, -0.25) is 9.59 Å².